The summed E-state index contributed by atoms with van der Waals surface area (Å²) in [7, 11) is 0. The number of carbonyl (C=O) groups is 2. The molecule has 0 heterocycles. The average molecular weight is 266 g/mol. The van der Waals surface area contributed by atoms with Gasteiger partial charge in [-0.1, -0.05) is 13.3 Å². The highest BCUT2D eigenvalue weighted by molar-refractivity contribution is 5.95. The number of benzene rings is 1. The maximum Gasteiger partial charge on any atom is 0.339 e. The third-order valence-electron chi connectivity index (χ3n) is 2.62. The molecule has 1 unspecified atom stereocenters. The number of nitrogens with one attached hydrogen (secondary N) is 1. The molecule has 0 aliphatic rings. The average Bonchev–Trinajstić information content (AvgIpc) is 2.31. The molecule has 5 N–H and O–H groups in total. The molecule has 0 aromatic heterocycles. The van der Waals surface area contributed by atoms with Gasteiger partial charge in [-0.25, -0.2) is 4.79 Å². The zero-order chi connectivity index (χ0) is 14.4. The largest absolute Gasteiger partial charge is 0.507 e. The highest BCUT2D eigenvalue weighted by Crippen LogP contribution is 2.21. The van der Waals surface area contributed by atoms with Crippen LogP contribution in [0, 0.1) is 0 Å². The van der Waals surface area contributed by atoms with E-state index in [0.717, 1.165) is 12.8 Å². The summed E-state index contributed by atoms with van der Waals surface area (Å²) in [5.41, 5.74) is 5.82. The summed E-state index contributed by atoms with van der Waals surface area (Å²) < 4.78 is 0. The molecule has 1 amide bonds. The van der Waals surface area contributed by atoms with Crippen molar-refractivity contribution >= 4 is 17.6 Å². The number of rotatable bonds is 6. The van der Waals surface area contributed by atoms with Crippen LogP contribution in [0.3, 0.4) is 0 Å². The minimum atomic E-state index is -1.25. The van der Waals surface area contributed by atoms with Crippen LogP contribution in [-0.2, 0) is 4.79 Å². The second kappa shape index (κ2) is 6.75. The summed E-state index contributed by atoms with van der Waals surface area (Å²) in [5, 5.41) is 20.7. The van der Waals surface area contributed by atoms with Crippen molar-refractivity contribution in [2.24, 2.45) is 5.73 Å². The topological polar surface area (TPSA) is 113 Å². The van der Waals surface area contributed by atoms with Gasteiger partial charge in [-0.15, -0.1) is 0 Å². The molecule has 19 heavy (non-hydrogen) atoms. The summed E-state index contributed by atoms with van der Waals surface area (Å²) in [6, 6.07) is 3.66. The van der Waals surface area contributed by atoms with E-state index < -0.39 is 5.97 Å². The molecule has 6 nitrogen and oxygen atoms in total. The zero-order valence-electron chi connectivity index (χ0n) is 10.7. The first-order chi connectivity index (χ1) is 8.93. The molecule has 0 saturated carbocycles. The van der Waals surface area contributed by atoms with E-state index in [9.17, 15) is 14.7 Å². The van der Waals surface area contributed by atoms with Gasteiger partial charge in [0.1, 0.15) is 11.3 Å². The van der Waals surface area contributed by atoms with E-state index >= 15 is 0 Å². The van der Waals surface area contributed by atoms with E-state index in [1.807, 2.05) is 6.92 Å². The lowest BCUT2D eigenvalue weighted by atomic mass is 10.1. The number of amides is 1. The normalized spacial score (nSPS) is 11.9. The van der Waals surface area contributed by atoms with Crippen LogP contribution in [0.5, 0.6) is 5.75 Å². The lowest BCUT2D eigenvalue weighted by Gasteiger charge is -2.11. The smallest absolute Gasteiger partial charge is 0.339 e. The van der Waals surface area contributed by atoms with E-state index in [0.29, 0.717) is 5.69 Å². The summed E-state index contributed by atoms with van der Waals surface area (Å²) >= 11 is 0. The van der Waals surface area contributed by atoms with Gasteiger partial charge in [0, 0.05) is 18.2 Å². The Morgan fingerprint density at radius 2 is 2.11 bits per heavy atom. The molecular weight excluding hydrogens is 248 g/mol. The van der Waals surface area contributed by atoms with Crippen LogP contribution >= 0.6 is 0 Å². The van der Waals surface area contributed by atoms with Crippen LogP contribution < -0.4 is 11.1 Å². The number of aromatic carboxylic acids is 1. The monoisotopic (exact) mass is 266 g/mol. The number of aromatic hydroxyl groups is 1. The fourth-order valence-electron chi connectivity index (χ4n) is 1.71. The first-order valence-corrected chi connectivity index (χ1v) is 6.05. The molecule has 0 fully saturated rings. The summed E-state index contributed by atoms with van der Waals surface area (Å²) in [6.45, 7) is 1.98. The van der Waals surface area contributed by atoms with E-state index in [1.54, 1.807) is 0 Å². The Kier molecular flexibility index (Phi) is 5.32. The standard InChI is InChI=1S/C13H18N2O4/c1-2-3-8(14)6-12(17)15-9-4-5-11(16)10(7-9)13(18)19/h4-5,7-8,16H,2-3,6,14H2,1H3,(H,15,17)(H,18,19). The van der Waals surface area contributed by atoms with Crippen molar-refractivity contribution in [2.45, 2.75) is 32.2 Å². The minimum Gasteiger partial charge on any atom is -0.507 e. The van der Waals surface area contributed by atoms with Crippen LogP contribution in [0.1, 0.15) is 36.5 Å². The number of carbonyl (C=O) groups excluding carboxylic acids is 1. The Bertz CT molecular complexity index is 474. The van der Waals surface area contributed by atoms with Gasteiger partial charge in [-0.05, 0) is 24.6 Å². The minimum absolute atomic E-state index is 0.178. The predicted molar refractivity (Wildman–Crippen MR) is 71.2 cm³/mol. The fourth-order valence-corrected chi connectivity index (χ4v) is 1.71. The predicted octanol–water partition coefficient (Wildman–Crippen LogP) is 1.55. The summed E-state index contributed by atoms with van der Waals surface area (Å²) in [5.74, 6) is -1.87. The lowest BCUT2D eigenvalue weighted by Crippen LogP contribution is -2.26. The van der Waals surface area contributed by atoms with Crippen molar-refractivity contribution in [2.75, 3.05) is 5.32 Å². The molecule has 1 aromatic carbocycles. The van der Waals surface area contributed by atoms with Crippen LogP contribution in [0.2, 0.25) is 0 Å². The maximum atomic E-state index is 11.7. The Morgan fingerprint density at radius 3 is 2.68 bits per heavy atom. The van der Waals surface area contributed by atoms with Gasteiger partial charge < -0.3 is 21.3 Å². The SMILES string of the molecule is CCCC(N)CC(=O)Nc1ccc(O)c(C(=O)O)c1. The molecule has 0 radical (unpaired) electrons. The Morgan fingerprint density at radius 1 is 1.42 bits per heavy atom. The van der Waals surface area contributed by atoms with Crippen molar-refractivity contribution in [3.05, 3.63) is 23.8 Å². The molecule has 0 spiro atoms. The van der Waals surface area contributed by atoms with Crippen molar-refractivity contribution in [3.8, 4) is 5.75 Å². The van der Waals surface area contributed by atoms with Crippen LogP contribution in [0.15, 0.2) is 18.2 Å². The van der Waals surface area contributed by atoms with Gasteiger partial charge in [0.05, 0.1) is 0 Å². The Hall–Kier alpha value is -2.08. The first-order valence-electron chi connectivity index (χ1n) is 6.05. The zero-order valence-corrected chi connectivity index (χ0v) is 10.7. The molecule has 104 valence electrons. The Balaban J connectivity index is 2.69. The number of hydrogen-bond acceptors (Lipinski definition) is 4. The van der Waals surface area contributed by atoms with E-state index in [1.165, 1.54) is 18.2 Å². The maximum absolute atomic E-state index is 11.7. The van der Waals surface area contributed by atoms with E-state index in [2.05, 4.69) is 5.32 Å². The number of carboxylic acid groups (broad SMARTS) is 1. The van der Waals surface area contributed by atoms with Gasteiger partial charge >= 0.3 is 5.97 Å². The second-order valence-corrected chi connectivity index (χ2v) is 4.34. The fraction of sp³-hybridized carbons (Fsp3) is 0.385. The summed E-state index contributed by atoms with van der Waals surface area (Å²) in [4.78, 5) is 22.5. The van der Waals surface area contributed by atoms with E-state index in [-0.39, 0.29) is 29.7 Å². The van der Waals surface area contributed by atoms with Crippen molar-refractivity contribution < 1.29 is 19.8 Å². The second-order valence-electron chi connectivity index (χ2n) is 4.34. The lowest BCUT2D eigenvalue weighted by molar-refractivity contribution is -0.116. The van der Waals surface area contributed by atoms with Gasteiger partial charge in [-0.2, -0.15) is 0 Å². The molecule has 0 bridgehead atoms. The molecule has 0 aliphatic heterocycles. The van der Waals surface area contributed by atoms with Crippen LogP contribution in [0.4, 0.5) is 5.69 Å². The summed E-state index contributed by atoms with van der Waals surface area (Å²) in [6.07, 6.45) is 1.83. The van der Waals surface area contributed by atoms with Gasteiger partial charge in [-0.3, -0.25) is 4.79 Å². The van der Waals surface area contributed by atoms with Crippen molar-refractivity contribution in [1.82, 2.24) is 0 Å². The van der Waals surface area contributed by atoms with Crippen molar-refractivity contribution in [1.29, 1.82) is 0 Å². The number of carboxylic acids is 1. The van der Waals surface area contributed by atoms with Gasteiger partial charge in [0.2, 0.25) is 5.91 Å². The Labute approximate surface area is 111 Å². The third kappa shape index (κ3) is 4.59. The number of anilines is 1. The number of phenols is 1. The molecule has 1 atom stereocenters. The van der Waals surface area contributed by atoms with Crippen LogP contribution in [-0.4, -0.2) is 28.1 Å². The van der Waals surface area contributed by atoms with Crippen LogP contribution in [0.25, 0.3) is 0 Å². The van der Waals surface area contributed by atoms with E-state index in [4.69, 9.17) is 10.8 Å². The molecule has 0 saturated heterocycles. The third-order valence-corrected chi connectivity index (χ3v) is 2.62. The molecular formula is C13H18N2O4. The first kappa shape index (κ1) is 15.0. The molecule has 0 aliphatic carbocycles. The molecule has 1 aromatic rings. The number of nitrogens with two attached hydrogens (primary N) is 1. The van der Waals surface area contributed by atoms with Gasteiger partial charge in [0.25, 0.3) is 0 Å². The highest BCUT2D eigenvalue weighted by atomic mass is 16.4. The van der Waals surface area contributed by atoms with Gasteiger partial charge in [0.15, 0.2) is 0 Å². The van der Waals surface area contributed by atoms with Crippen molar-refractivity contribution in [3.63, 3.8) is 0 Å². The number of hydrogen-bond donors (Lipinski definition) is 4. The quantitative estimate of drug-likeness (QED) is 0.583. The molecule has 1 rings (SSSR count). The highest BCUT2D eigenvalue weighted by Gasteiger charge is 2.13. The molecule has 6 heteroatoms.